The number of ketones is 2. The van der Waals surface area contributed by atoms with Gasteiger partial charge in [0.25, 0.3) is 42.6 Å². The largest absolute Gasteiger partial charge is 0.391 e. The number of Topliss-reactive ketones (excluding diaryl/α,β-unsaturated/α-hetero) is 2. The lowest BCUT2D eigenvalue weighted by molar-refractivity contribution is -0.126. The van der Waals surface area contributed by atoms with Crippen LogP contribution in [0, 0.1) is 11.6 Å². The smallest absolute Gasteiger partial charge is 0.295 e. The molecule has 4 aliphatic rings. The topological polar surface area (TPSA) is 261 Å². The Labute approximate surface area is 533 Å². The predicted octanol–water partition coefficient (Wildman–Crippen LogP) is 7.16. The number of rotatable bonds is 13. The molecule has 6 heterocycles. The second-order valence-corrected chi connectivity index (χ2v) is 26.3. The van der Waals surface area contributed by atoms with E-state index >= 15 is 0 Å². The summed E-state index contributed by atoms with van der Waals surface area (Å²) in [6, 6.07) is 36.8. The van der Waals surface area contributed by atoms with Crippen molar-refractivity contribution in [3.63, 3.8) is 0 Å². The molecule has 91 heavy (non-hydrogen) atoms. The summed E-state index contributed by atoms with van der Waals surface area (Å²) in [5.41, 5.74) is 3.71. The van der Waals surface area contributed by atoms with E-state index in [2.05, 4.69) is 14.8 Å². The molecule has 0 aliphatic carbocycles. The third-order valence-electron chi connectivity index (χ3n) is 16.9. The number of nitrogens with zero attached hydrogens (tertiary/aromatic N) is 7. The summed E-state index contributed by atoms with van der Waals surface area (Å²) in [4.78, 5) is 92.3. The van der Waals surface area contributed by atoms with E-state index in [9.17, 15) is 52.3 Å². The summed E-state index contributed by atoms with van der Waals surface area (Å²) in [7, 11) is -3.13. The maximum atomic E-state index is 13.6. The SMILES string of the molecule is C[C@@H]1CN(Cc2ccc(F)cc2)CCN1C(=O)c1cc2c(C(=O)C(=O)N3CC[C@H](O)C3)c[nH]c2cc1Cl.C[C@@H]1CN(Cc2ccc(F)cc2)CCN1C(=O)c1cc2c(C(=O)C(=O)N3CC[C@H](O)C3)cn(N)c2cc1Cl.NOP(=O)(c1ccccc1)c1ccccc1. The van der Waals surface area contributed by atoms with Gasteiger partial charge >= 0.3 is 0 Å². The van der Waals surface area contributed by atoms with Crippen molar-refractivity contribution in [2.45, 2.75) is 64.1 Å². The van der Waals surface area contributed by atoms with Crippen LogP contribution in [-0.4, -0.2) is 174 Å². The first kappa shape index (κ1) is 65.8. The van der Waals surface area contributed by atoms with Crippen LogP contribution in [-0.2, 0) is 31.9 Å². The number of fused-ring (bicyclic) bond motifs is 2. The van der Waals surface area contributed by atoms with Crippen molar-refractivity contribution in [1.82, 2.24) is 39.1 Å². The zero-order valence-corrected chi connectivity index (χ0v) is 52.4. The maximum absolute atomic E-state index is 13.6. The van der Waals surface area contributed by atoms with Gasteiger partial charge in [-0.15, -0.1) is 0 Å². The van der Waals surface area contributed by atoms with Gasteiger partial charge in [0.1, 0.15) is 11.6 Å². The number of aromatic amines is 1. The molecule has 0 bridgehead atoms. The lowest BCUT2D eigenvalue weighted by Crippen LogP contribution is -2.53. The number of aromatic nitrogens is 2. The Kier molecular flexibility index (Phi) is 20.7. The van der Waals surface area contributed by atoms with Crippen LogP contribution >= 0.6 is 30.6 Å². The Morgan fingerprint density at radius 1 is 0.582 bits per heavy atom. The summed E-state index contributed by atoms with van der Waals surface area (Å²) in [5, 5.41) is 21.9. The van der Waals surface area contributed by atoms with Crippen LogP contribution in [0.25, 0.3) is 21.8 Å². The van der Waals surface area contributed by atoms with E-state index in [-0.39, 0.29) is 80.9 Å². The molecule has 476 valence electrons. The van der Waals surface area contributed by atoms with Gasteiger partial charge in [-0.05, 0) is 111 Å². The van der Waals surface area contributed by atoms with Gasteiger partial charge in [0.15, 0.2) is 0 Å². The molecule has 0 saturated carbocycles. The third kappa shape index (κ3) is 14.8. The Balaban J connectivity index is 0.000000162. The molecule has 2 aromatic heterocycles. The van der Waals surface area contributed by atoms with E-state index in [0.29, 0.717) is 111 Å². The summed E-state index contributed by atoms with van der Waals surface area (Å²) in [6.07, 6.45) is 2.40. The number of aliphatic hydroxyl groups is 2. The Bertz CT molecular complexity index is 4010. The van der Waals surface area contributed by atoms with Gasteiger partial charge in [0.2, 0.25) is 0 Å². The van der Waals surface area contributed by atoms with E-state index in [1.165, 1.54) is 63.3 Å². The lowest BCUT2D eigenvalue weighted by Gasteiger charge is -2.40. The minimum atomic E-state index is -3.13. The van der Waals surface area contributed by atoms with Crippen LogP contribution in [0.5, 0.6) is 0 Å². The highest BCUT2D eigenvalue weighted by Crippen LogP contribution is 2.42. The average molecular weight is 1300 g/mol. The molecule has 4 amide bonds. The van der Waals surface area contributed by atoms with Crippen LogP contribution in [0.3, 0.4) is 0 Å². The second kappa shape index (κ2) is 28.6. The van der Waals surface area contributed by atoms with Crippen LogP contribution < -0.4 is 22.3 Å². The summed E-state index contributed by atoms with van der Waals surface area (Å²) < 4.78 is 45.1. The van der Waals surface area contributed by atoms with Crippen LogP contribution in [0.4, 0.5) is 8.78 Å². The highest BCUT2D eigenvalue weighted by atomic mass is 35.5. The fourth-order valence-corrected chi connectivity index (χ4v) is 14.1. The molecule has 20 nitrogen and oxygen atoms in total. The van der Waals surface area contributed by atoms with E-state index < -0.39 is 43.0 Å². The number of carbonyl (C=O) groups is 6. The number of nitrogens with one attached hydrogen (secondary N) is 1. The highest BCUT2D eigenvalue weighted by molar-refractivity contribution is 7.74. The fraction of sp³-hybridized carbons (Fsp3) is 0.303. The van der Waals surface area contributed by atoms with Crippen molar-refractivity contribution < 1.29 is 57.0 Å². The molecular weight excluding hydrogens is 1230 g/mol. The van der Waals surface area contributed by atoms with Crippen molar-refractivity contribution in [2.75, 3.05) is 71.3 Å². The van der Waals surface area contributed by atoms with Gasteiger partial charge in [-0.1, -0.05) is 83.9 Å². The minimum absolute atomic E-state index is 0.0803. The van der Waals surface area contributed by atoms with E-state index in [1.807, 2.05) is 50.2 Å². The zero-order chi connectivity index (χ0) is 64.8. The van der Waals surface area contributed by atoms with Crippen molar-refractivity contribution in [3.8, 4) is 0 Å². The molecule has 4 fully saturated rings. The molecular formula is C66H69Cl2F2N10O10P. The number of halogens is 4. The first-order valence-electron chi connectivity index (χ1n) is 29.7. The van der Waals surface area contributed by atoms with Crippen molar-refractivity contribution in [2.24, 2.45) is 5.90 Å². The van der Waals surface area contributed by atoms with E-state index in [0.717, 1.165) is 11.1 Å². The molecule has 0 unspecified atom stereocenters. The standard InChI is InChI=1S/C27H29ClFN5O4.C27H28ClFN4O4.C12H12NO2P/c1-16-12-31(13-17-2-4-18(29)5-3-17)8-9-33(16)26(37)21-10-20-22(15-34(30)24(20)11-23(21)28)25(36)27(38)32-7-6-19(35)14-32;1-16-13-31(14-17-2-4-18(29)5-3-17)8-9-33(16)26(36)21-10-20-22(12-30-24(20)11-23(21)28)25(35)27(37)32-7-6-19(34)15-32;13-15-16(14,11-7-3-1-4-8-11)12-9-5-2-6-10-12/h2-5,10-11,15-16,19,35H,6-9,12-14,30H2,1H3;2-5,10-12,16,19,30,34H,6-9,13-15H2,1H3;1-10H,13H2/t2*16-,19+;/m11./s1. The fourth-order valence-electron chi connectivity index (χ4n) is 12.0. The number of hydrogen-bond acceptors (Lipinski definition) is 14. The summed E-state index contributed by atoms with van der Waals surface area (Å²) in [6.45, 7) is 9.61. The number of nitrogens with two attached hydrogens (primary N) is 2. The van der Waals surface area contributed by atoms with E-state index in [4.69, 9.17) is 39.6 Å². The maximum Gasteiger partial charge on any atom is 0.295 e. The number of piperazine rings is 2. The van der Waals surface area contributed by atoms with Crippen molar-refractivity contribution in [3.05, 3.63) is 201 Å². The number of carbonyl (C=O) groups excluding carboxylic acids is 6. The van der Waals surface area contributed by atoms with Gasteiger partial charge in [0.05, 0.1) is 50.0 Å². The van der Waals surface area contributed by atoms with Crippen LogP contribution in [0.1, 0.15) is 79.2 Å². The second-order valence-electron chi connectivity index (χ2n) is 23.2. The number of H-pyrrole nitrogens is 1. The number of likely N-dealkylation sites (tertiary alicyclic amines) is 2. The third-order valence-corrected chi connectivity index (χ3v) is 19.7. The molecule has 12 rings (SSSR count). The normalized spacial score (nSPS) is 18.8. The van der Waals surface area contributed by atoms with Crippen LogP contribution in [0.2, 0.25) is 10.0 Å². The van der Waals surface area contributed by atoms with Gasteiger partial charge < -0.3 is 40.6 Å². The van der Waals surface area contributed by atoms with Crippen molar-refractivity contribution >= 4 is 98.2 Å². The molecule has 7 N–H and O–H groups in total. The number of hydrogen-bond donors (Lipinski definition) is 5. The Morgan fingerprint density at radius 2 is 1.02 bits per heavy atom. The van der Waals surface area contributed by atoms with E-state index in [1.54, 1.807) is 70.5 Å². The highest BCUT2D eigenvalue weighted by Gasteiger charge is 2.36. The zero-order valence-electron chi connectivity index (χ0n) is 50.0. The number of benzene rings is 6. The van der Waals surface area contributed by atoms with Gasteiger partial charge in [0, 0.05) is 130 Å². The lowest BCUT2D eigenvalue weighted by atomic mass is 10.0. The minimum Gasteiger partial charge on any atom is -0.391 e. The Hall–Kier alpha value is -8.15. The van der Waals surface area contributed by atoms with Gasteiger partial charge in [-0.25, -0.2) is 19.3 Å². The molecule has 4 saturated heterocycles. The molecule has 8 aromatic rings. The molecule has 0 radical (unpaired) electrons. The Morgan fingerprint density at radius 3 is 1.45 bits per heavy atom. The number of aliphatic hydroxyl groups excluding tert-OH is 2. The molecule has 6 aromatic carbocycles. The molecule has 25 heteroatoms. The predicted molar refractivity (Wildman–Crippen MR) is 343 cm³/mol. The molecule has 0 spiro atoms. The monoisotopic (exact) mass is 1300 g/mol. The number of β-amino-alcohol motifs (C(OH)–C–C–N with tert-alkyl or cyclic N) is 2. The van der Waals surface area contributed by atoms with Crippen LogP contribution in [0.15, 0.2) is 146 Å². The summed E-state index contributed by atoms with van der Waals surface area (Å²) in [5.74, 6) is 7.36. The summed E-state index contributed by atoms with van der Waals surface area (Å²) >= 11 is 13.0. The molecule has 4 aliphatic heterocycles. The number of nitrogen functional groups attached to an aromatic ring is 1. The van der Waals surface area contributed by atoms with Crippen molar-refractivity contribution in [1.29, 1.82) is 0 Å². The first-order chi connectivity index (χ1) is 43.6. The van der Waals surface area contributed by atoms with Gasteiger partial charge in [-0.2, -0.15) is 0 Å². The first-order valence-corrected chi connectivity index (χ1v) is 32.1. The van der Waals surface area contributed by atoms with Gasteiger partial charge in [-0.3, -0.25) is 47.8 Å². The molecule has 4 atom stereocenters. The number of amides is 4. The average Bonchev–Trinajstić information content (AvgIpc) is 1.79. The quantitative estimate of drug-likeness (QED) is 0.0252.